The predicted octanol–water partition coefficient (Wildman–Crippen LogP) is -0.443. The number of carboxylic acids is 1. The van der Waals surface area contributed by atoms with Crippen molar-refractivity contribution in [3.8, 4) is 0 Å². The van der Waals surface area contributed by atoms with E-state index in [1.807, 2.05) is 0 Å². The molecule has 0 saturated heterocycles. The molecule has 0 aliphatic carbocycles. The Kier molecular flexibility index (Phi) is 4.64. The predicted molar refractivity (Wildman–Crippen MR) is 41.1 cm³/mol. The summed E-state index contributed by atoms with van der Waals surface area (Å²) >= 11 is 0. The first-order valence-corrected chi connectivity index (χ1v) is 2.63. The Morgan fingerprint density at radius 3 is 1.90 bits per heavy atom. The molecule has 0 aromatic heterocycles. The minimum atomic E-state index is -1.07. The van der Waals surface area contributed by atoms with Crippen molar-refractivity contribution >= 4 is 18.4 Å². The maximum Gasteiger partial charge on any atom is 0.322 e. The van der Waals surface area contributed by atoms with Crippen LogP contribution >= 0.6 is 12.4 Å². The summed E-state index contributed by atoms with van der Waals surface area (Å²) in [7, 11) is 0. The molecule has 5 N–H and O–H groups in total. The molecule has 0 bridgehead atoms. The van der Waals surface area contributed by atoms with Crippen molar-refractivity contribution < 1.29 is 9.90 Å². The van der Waals surface area contributed by atoms with Gasteiger partial charge in [0.2, 0.25) is 0 Å². The normalized spacial score (nSPS) is 13.6. The van der Waals surface area contributed by atoms with Gasteiger partial charge in [-0.1, -0.05) is 0 Å². The van der Waals surface area contributed by atoms with E-state index >= 15 is 0 Å². The molecule has 1 atom stereocenters. The molecule has 0 fully saturated rings. The summed E-state index contributed by atoms with van der Waals surface area (Å²) in [5, 5.41) is 8.31. The third-order valence-electron chi connectivity index (χ3n) is 1.07. The summed E-state index contributed by atoms with van der Waals surface area (Å²) in [5.74, 6) is -1.07. The highest BCUT2D eigenvalue weighted by Gasteiger charge is 2.27. The van der Waals surface area contributed by atoms with Crippen LogP contribution in [0.25, 0.3) is 0 Å². The van der Waals surface area contributed by atoms with Crippen molar-refractivity contribution in [2.24, 2.45) is 11.5 Å². The van der Waals surface area contributed by atoms with Crippen LogP contribution in [0, 0.1) is 0 Å². The Balaban J connectivity index is 0. The number of nitrogens with two attached hydrogens (primary N) is 2. The maximum atomic E-state index is 10.1. The van der Waals surface area contributed by atoms with Crippen molar-refractivity contribution in [2.45, 2.75) is 25.4 Å². The van der Waals surface area contributed by atoms with Gasteiger partial charge in [0.1, 0.15) is 6.04 Å². The molecule has 0 spiro atoms. The molecule has 0 saturated carbocycles. The Labute approximate surface area is 66.0 Å². The first kappa shape index (κ1) is 12.4. The van der Waals surface area contributed by atoms with Crippen molar-refractivity contribution in [1.29, 1.82) is 0 Å². The highest BCUT2D eigenvalue weighted by molar-refractivity contribution is 5.85. The molecule has 1 unspecified atom stereocenters. The molecule has 5 heteroatoms. The number of rotatable bonds is 2. The lowest BCUT2D eigenvalue weighted by atomic mass is 9.97. The Morgan fingerprint density at radius 1 is 1.60 bits per heavy atom. The van der Waals surface area contributed by atoms with E-state index in [1.54, 1.807) is 13.8 Å². The van der Waals surface area contributed by atoms with Crippen LogP contribution in [0.2, 0.25) is 0 Å². The molecule has 0 aliphatic rings. The molecule has 62 valence electrons. The maximum absolute atomic E-state index is 10.1. The third-order valence-corrected chi connectivity index (χ3v) is 1.07. The van der Waals surface area contributed by atoms with E-state index in [-0.39, 0.29) is 12.4 Å². The van der Waals surface area contributed by atoms with E-state index < -0.39 is 17.6 Å². The fourth-order valence-corrected chi connectivity index (χ4v) is 0.318. The highest BCUT2D eigenvalue weighted by atomic mass is 35.5. The van der Waals surface area contributed by atoms with Crippen LogP contribution < -0.4 is 11.5 Å². The Bertz CT molecular complexity index is 121. The summed E-state index contributed by atoms with van der Waals surface area (Å²) in [6.07, 6.45) is 0. The fourth-order valence-electron chi connectivity index (χ4n) is 0.318. The van der Waals surface area contributed by atoms with E-state index in [1.165, 1.54) is 0 Å². The van der Waals surface area contributed by atoms with E-state index in [0.717, 1.165) is 0 Å². The van der Waals surface area contributed by atoms with Crippen molar-refractivity contribution in [3.05, 3.63) is 0 Å². The molecular weight excluding hydrogens is 156 g/mol. The van der Waals surface area contributed by atoms with E-state index in [0.29, 0.717) is 0 Å². The van der Waals surface area contributed by atoms with Gasteiger partial charge < -0.3 is 16.6 Å². The topological polar surface area (TPSA) is 89.3 Å². The van der Waals surface area contributed by atoms with Gasteiger partial charge in [0.25, 0.3) is 0 Å². The van der Waals surface area contributed by atoms with Gasteiger partial charge in [-0.3, -0.25) is 4.79 Å². The number of aliphatic carboxylic acids is 1. The average Bonchev–Trinajstić information content (AvgIpc) is 1.62. The summed E-state index contributed by atoms with van der Waals surface area (Å²) in [6.45, 7) is 3.15. The molecule has 0 rings (SSSR count). The zero-order chi connectivity index (χ0) is 7.65. The monoisotopic (exact) mass is 168 g/mol. The second kappa shape index (κ2) is 3.75. The number of carbonyl (C=O) groups is 1. The minimum absolute atomic E-state index is 0. The Morgan fingerprint density at radius 2 is 1.90 bits per heavy atom. The zero-order valence-electron chi connectivity index (χ0n) is 6.00. The summed E-state index contributed by atoms with van der Waals surface area (Å²) in [5.41, 5.74) is 9.70. The van der Waals surface area contributed by atoms with Gasteiger partial charge in [-0.25, -0.2) is 0 Å². The SMILES string of the molecule is CC(C)(N)C(N)C(=O)O.Cl. The largest absolute Gasteiger partial charge is 0.480 e. The minimum Gasteiger partial charge on any atom is -0.480 e. The number of carboxylic acid groups (broad SMARTS) is 1. The van der Waals surface area contributed by atoms with Crippen molar-refractivity contribution in [3.63, 3.8) is 0 Å². The van der Waals surface area contributed by atoms with Crippen LogP contribution in [0.3, 0.4) is 0 Å². The van der Waals surface area contributed by atoms with Gasteiger partial charge in [-0.05, 0) is 13.8 Å². The quantitative estimate of drug-likeness (QED) is 0.522. The second-order valence-electron chi connectivity index (χ2n) is 2.64. The first-order chi connectivity index (χ1) is 3.85. The number of halogens is 1. The molecular formula is C5H13ClN2O2. The summed E-state index contributed by atoms with van der Waals surface area (Å²) in [4.78, 5) is 10.1. The zero-order valence-corrected chi connectivity index (χ0v) is 6.81. The standard InChI is InChI=1S/C5H12N2O2.ClH/c1-5(2,7)3(6)4(8)9;/h3H,6-7H2,1-2H3,(H,8,9);1H. The van der Waals surface area contributed by atoms with Gasteiger partial charge in [-0.2, -0.15) is 0 Å². The first-order valence-electron chi connectivity index (χ1n) is 2.63. The third kappa shape index (κ3) is 3.66. The van der Waals surface area contributed by atoms with E-state index in [9.17, 15) is 4.79 Å². The summed E-state index contributed by atoms with van der Waals surface area (Å²) in [6, 6.07) is -0.988. The van der Waals surface area contributed by atoms with Crippen LogP contribution in [-0.2, 0) is 4.79 Å². The molecule has 0 radical (unpaired) electrons. The van der Waals surface area contributed by atoms with Gasteiger partial charge in [0.05, 0.1) is 0 Å². The summed E-state index contributed by atoms with van der Waals surface area (Å²) < 4.78 is 0. The lowest BCUT2D eigenvalue weighted by molar-refractivity contribution is -0.139. The fraction of sp³-hybridized carbons (Fsp3) is 0.800. The molecule has 4 nitrogen and oxygen atoms in total. The second-order valence-corrected chi connectivity index (χ2v) is 2.64. The van der Waals surface area contributed by atoms with Crippen LogP contribution in [0.1, 0.15) is 13.8 Å². The molecule has 0 aromatic carbocycles. The molecule has 10 heavy (non-hydrogen) atoms. The smallest absolute Gasteiger partial charge is 0.322 e. The number of hydrogen-bond acceptors (Lipinski definition) is 3. The van der Waals surface area contributed by atoms with Gasteiger partial charge in [0, 0.05) is 5.54 Å². The van der Waals surface area contributed by atoms with Gasteiger partial charge in [0.15, 0.2) is 0 Å². The lowest BCUT2D eigenvalue weighted by Gasteiger charge is -2.22. The van der Waals surface area contributed by atoms with Gasteiger partial charge in [-0.15, -0.1) is 12.4 Å². The Hall–Kier alpha value is -0.320. The van der Waals surface area contributed by atoms with Crippen molar-refractivity contribution in [2.75, 3.05) is 0 Å². The van der Waals surface area contributed by atoms with Crippen molar-refractivity contribution in [1.82, 2.24) is 0 Å². The number of hydrogen-bond donors (Lipinski definition) is 3. The van der Waals surface area contributed by atoms with Crippen LogP contribution in [0.4, 0.5) is 0 Å². The molecule has 0 aliphatic heterocycles. The average molecular weight is 169 g/mol. The van der Waals surface area contributed by atoms with E-state index in [4.69, 9.17) is 16.6 Å². The van der Waals surface area contributed by atoms with Crippen LogP contribution in [-0.4, -0.2) is 22.7 Å². The van der Waals surface area contributed by atoms with Crippen LogP contribution in [0.5, 0.6) is 0 Å². The molecule has 0 aromatic rings. The van der Waals surface area contributed by atoms with E-state index in [2.05, 4.69) is 0 Å². The van der Waals surface area contributed by atoms with Gasteiger partial charge >= 0.3 is 5.97 Å². The highest BCUT2D eigenvalue weighted by Crippen LogP contribution is 2.00. The molecule has 0 heterocycles. The van der Waals surface area contributed by atoms with Crippen LogP contribution in [0.15, 0.2) is 0 Å². The lowest BCUT2D eigenvalue weighted by Crippen LogP contribution is -2.54. The molecule has 0 amide bonds.